The summed E-state index contributed by atoms with van der Waals surface area (Å²) in [5, 5.41) is 8.11. The number of amides is 1. The molecular weight excluding hydrogens is 455 g/mol. The number of fused-ring (bicyclic) bond motifs is 1. The Morgan fingerprint density at radius 1 is 1.15 bits per heavy atom. The number of pyridine rings is 1. The molecule has 9 heteroatoms. The van der Waals surface area contributed by atoms with Gasteiger partial charge in [-0.3, -0.25) is 4.79 Å². The Balaban J connectivity index is 1.59. The van der Waals surface area contributed by atoms with Crippen molar-refractivity contribution in [1.82, 2.24) is 20.1 Å². The average molecular weight is 479 g/mol. The lowest BCUT2D eigenvalue weighted by molar-refractivity contribution is 0.0952. The van der Waals surface area contributed by atoms with Gasteiger partial charge in [-0.05, 0) is 37.1 Å². The monoisotopic (exact) mass is 478 g/mol. The van der Waals surface area contributed by atoms with E-state index in [1.54, 1.807) is 29.8 Å². The van der Waals surface area contributed by atoms with Crippen LogP contribution in [0.5, 0.6) is 0 Å². The number of nitrogens with zero attached hydrogens (tertiary/aromatic N) is 3. The van der Waals surface area contributed by atoms with E-state index in [-0.39, 0.29) is 35.8 Å². The van der Waals surface area contributed by atoms with Crippen molar-refractivity contribution >= 4 is 26.8 Å². The highest BCUT2D eigenvalue weighted by molar-refractivity contribution is 7.91. The van der Waals surface area contributed by atoms with Crippen LogP contribution in [0, 0.1) is 12.7 Å². The van der Waals surface area contributed by atoms with Crippen molar-refractivity contribution in [2.24, 2.45) is 0 Å². The van der Waals surface area contributed by atoms with Crippen molar-refractivity contribution in [3.8, 4) is 11.3 Å². The van der Waals surface area contributed by atoms with Crippen LogP contribution in [0.2, 0.25) is 0 Å². The standard InChI is InChI=1S/C25H23FN4O3S/c1-16-23-21(25(31)27-14-17-7-9-19(26)10-8-17)13-22(18-5-3-2-4-6-18)28-24(23)30(29-16)20-11-12-34(32,33)15-20/h2-10,13,20H,11-12,14-15H2,1H3,(H,27,31)/t20-/m1/s1. The Bertz CT molecular complexity index is 1480. The summed E-state index contributed by atoms with van der Waals surface area (Å²) >= 11 is 0. The van der Waals surface area contributed by atoms with Crippen molar-refractivity contribution in [3.63, 3.8) is 0 Å². The predicted octanol–water partition coefficient (Wildman–Crippen LogP) is 3.84. The molecule has 34 heavy (non-hydrogen) atoms. The van der Waals surface area contributed by atoms with Crippen LogP contribution >= 0.6 is 0 Å². The van der Waals surface area contributed by atoms with Crippen LogP contribution in [-0.4, -0.2) is 40.6 Å². The second kappa shape index (κ2) is 8.64. The van der Waals surface area contributed by atoms with E-state index in [2.05, 4.69) is 10.4 Å². The van der Waals surface area contributed by atoms with E-state index < -0.39 is 9.84 Å². The molecule has 1 amide bonds. The second-order valence-electron chi connectivity index (χ2n) is 8.52. The molecule has 4 aromatic rings. The van der Waals surface area contributed by atoms with Gasteiger partial charge in [0.2, 0.25) is 0 Å². The first-order valence-corrected chi connectivity index (χ1v) is 12.8. The van der Waals surface area contributed by atoms with Crippen LogP contribution in [0.1, 0.15) is 34.1 Å². The normalized spacial score (nSPS) is 17.2. The number of hydrogen-bond acceptors (Lipinski definition) is 5. The fourth-order valence-electron chi connectivity index (χ4n) is 4.35. The second-order valence-corrected chi connectivity index (χ2v) is 10.7. The number of carbonyl (C=O) groups is 1. The van der Waals surface area contributed by atoms with E-state index in [4.69, 9.17) is 4.98 Å². The molecule has 0 unspecified atom stereocenters. The van der Waals surface area contributed by atoms with Crippen molar-refractivity contribution in [1.29, 1.82) is 0 Å². The zero-order valence-electron chi connectivity index (χ0n) is 18.5. The highest BCUT2D eigenvalue weighted by atomic mass is 32.2. The lowest BCUT2D eigenvalue weighted by Gasteiger charge is -2.12. The molecule has 1 N–H and O–H groups in total. The van der Waals surface area contributed by atoms with Gasteiger partial charge >= 0.3 is 0 Å². The van der Waals surface area contributed by atoms with Gasteiger partial charge in [0, 0.05) is 12.1 Å². The zero-order valence-corrected chi connectivity index (χ0v) is 19.3. The summed E-state index contributed by atoms with van der Waals surface area (Å²) in [6.07, 6.45) is 0.460. The fourth-order valence-corrected chi connectivity index (χ4v) is 6.04. The van der Waals surface area contributed by atoms with Gasteiger partial charge in [-0.1, -0.05) is 42.5 Å². The molecule has 1 aliphatic heterocycles. The first-order chi connectivity index (χ1) is 16.3. The van der Waals surface area contributed by atoms with E-state index in [9.17, 15) is 17.6 Å². The lowest BCUT2D eigenvalue weighted by atomic mass is 10.0. The molecule has 0 radical (unpaired) electrons. The van der Waals surface area contributed by atoms with E-state index in [0.29, 0.717) is 34.4 Å². The molecule has 1 fully saturated rings. The van der Waals surface area contributed by atoms with Gasteiger partial charge in [0.25, 0.3) is 5.91 Å². The minimum Gasteiger partial charge on any atom is -0.348 e. The molecule has 2 aromatic carbocycles. The van der Waals surface area contributed by atoms with Crippen molar-refractivity contribution in [3.05, 3.63) is 83.3 Å². The third-order valence-corrected chi connectivity index (χ3v) is 7.82. The van der Waals surface area contributed by atoms with Crippen LogP contribution in [-0.2, 0) is 16.4 Å². The van der Waals surface area contributed by atoms with Gasteiger partial charge in [-0.2, -0.15) is 5.10 Å². The third-order valence-electron chi connectivity index (χ3n) is 6.07. The van der Waals surface area contributed by atoms with E-state index >= 15 is 0 Å². The van der Waals surface area contributed by atoms with Crippen molar-refractivity contribution in [2.75, 3.05) is 11.5 Å². The highest BCUT2D eigenvalue weighted by Crippen LogP contribution is 2.32. The zero-order chi connectivity index (χ0) is 23.9. The molecule has 3 heterocycles. The van der Waals surface area contributed by atoms with Crippen LogP contribution in [0.25, 0.3) is 22.3 Å². The van der Waals surface area contributed by atoms with E-state index in [1.165, 1.54) is 12.1 Å². The molecule has 2 aromatic heterocycles. The summed E-state index contributed by atoms with van der Waals surface area (Å²) in [4.78, 5) is 18.1. The Hall–Kier alpha value is -3.59. The minimum absolute atomic E-state index is 0.00651. The largest absolute Gasteiger partial charge is 0.348 e. The summed E-state index contributed by atoms with van der Waals surface area (Å²) in [7, 11) is -3.13. The van der Waals surface area contributed by atoms with Gasteiger partial charge in [0.05, 0.1) is 39.9 Å². The molecule has 1 atom stereocenters. The highest BCUT2D eigenvalue weighted by Gasteiger charge is 2.32. The Kier molecular flexibility index (Phi) is 5.65. The number of halogens is 1. The van der Waals surface area contributed by atoms with Gasteiger partial charge < -0.3 is 5.32 Å². The Morgan fingerprint density at radius 3 is 2.56 bits per heavy atom. The number of sulfone groups is 1. The SMILES string of the molecule is Cc1nn([C@@H]2CCS(=O)(=O)C2)c2nc(-c3ccccc3)cc(C(=O)NCc3ccc(F)cc3)c12. The molecule has 7 nitrogen and oxygen atoms in total. The Morgan fingerprint density at radius 2 is 1.88 bits per heavy atom. The van der Waals surface area contributed by atoms with E-state index in [0.717, 1.165) is 11.1 Å². The van der Waals surface area contributed by atoms with E-state index in [1.807, 2.05) is 30.3 Å². The van der Waals surface area contributed by atoms with Crippen LogP contribution < -0.4 is 5.32 Å². The maximum absolute atomic E-state index is 13.3. The van der Waals surface area contributed by atoms with Gasteiger partial charge in [-0.15, -0.1) is 0 Å². The average Bonchev–Trinajstić information content (AvgIpc) is 3.37. The molecule has 1 aliphatic rings. The Labute approximate surface area is 196 Å². The first kappa shape index (κ1) is 22.2. The summed E-state index contributed by atoms with van der Waals surface area (Å²) in [5.41, 5.74) is 3.72. The molecule has 5 rings (SSSR count). The van der Waals surface area contributed by atoms with Crippen molar-refractivity contribution < 1.29 is 17.6 Å². The van der Waals surface area contributed by atoms with Crippen molar-refractivity contribution in [2.45, 2.75) is 25.9 Å². The first-order valence-electron chi connectivity index (χ1n) is 11.0. The fraction of sp³-hybridized carbons (Fsp3) is 0.240. The van der Waals surface area contributed by atoms with Gasteiger partial charge in [-0.25, -0.2) is 22.5 Å². The smallest absolute Gasteiger partial charge is 0.252 e. The number of aromatic nitrogens is 3. The lowest BCUT2D eigenvalue weighted by Crippen LogP contribution is -2.23. The molecule has 1 saturated heterocycles. The number of rotatable bonds is 5. The summed E-state index contributed by atoms with van der Waals surface area (Å²) in [5.74, 6) is -0.528. The van der Waals surface area contributed by atoms with Gasteiger partial charge in [0.15, 0.2) is 15.5 Å². The molecule has 0 bridgehead atoms. The third kappa shape index (κ3) is 4.31. The van der Waals surface area contributed by atoms with Crippen LogP contribution in [0.4, 0.5) is 4.39 Å². The molecule has 0 saturated carbocycles. The topological polar surface area (TPSA) is 93.9 Å². The summed E-state index contributed by atoms with van der Waals surface area (Å²) in [6.45, 7) is 2.03. The number of nitrogens with one attached hydrogen (secondary N) is 1. The number of carbonyl (C=O) groups excluding carboxylic acids is 1. The number of aryl methyl sites for hydroxylation is 1. The molecule has 0 spiro atoms. The predicted molar refractivity (Wildman–Crippen MR) is 128 cm³/mol. The minimum atomic E-state index is -3.13. The quantitative estimate of drug-likeness (QED) is 0.471. The van der Waals surface area contributed by atoms with Gasteiger partial charge in [0.1, 0.15) is 5.82 Å². The summed E-state index contributed by atoms with van der Waals surface area (Å²) in [6, 6.07) is 16.8. The maximum atomic E-state index is 13.3. The summed E-state index contributed by atoms with van der Waals surface area (Å²) < 4.78 is 39.1. The molecular formula is C25H23FN4O3S. The molecule has 0 aliphatic carbocycles. The van der Waals surface area contributed by atoms with Crippen LogP contribution in [0.3, 0.4) is 0 Å². The number of benzene rings is 2. The molecule has 174 valence electrons. The number of hydrogen-bond donors (Lipinski definition) is 1. The van der Waals surface area contributed by atoms with Crippen LogP contribution in [0.15, 0.2) is 60.7 Å². The maximum Gasteiger partial charge on any atom is 0.252 e.